The highest BCUT2D eigenvalue weighted by Gasteiger charge is 2.22. The zero-order valence-corrected chi connectivity index (χ0v) is 15.0. The van der Waals surface area contributed by atoms with Crippen molar-refractivity contribution in [2.24, 2.45) is 5.73 Å². The molecule has 5 N–H and O–H groups in total. The normalized spacial score (nSPS) is 11.0. The fraction of sp³-hybridized carbons (Fsp3) is 0.375. The number of amides is 2. The fourth-order valence-electron chi connectivity index (χ4n) is 2.09. The highest BCUT2D eigenvalue weighted by molar-refractivity contribution is 5.95. The van der Waals surface area contributed by atoms with Crippen LogP contribution in [-0.4, -0.2) is 48.9 Å². The molecule has 0 aromatic heterocycles. The van der Waals surface area contributed by atoms with Crippen LogP contribution in [0.5, 0.6) is 5.75 Å². The van der Waals surface area contributed by atoms with Crippen molar-refractivity contribution in [2.75, 3.05) is 32.2 Å². The van der Waals surface area contributed by atoms with Gasteiger partial charge in [-0.05, 0) is 19.1 Å². The number of nitro groups is 1. The van der Waals surface area contributed by atoms with Crippen LogP contribution in [0, 0.1) is 10.1 Å². The van der Waals surface area contributed by atoms with Gasteiger partial charge >= 0.3 is 6.09 Å². The molecule has 0 unspecified atom stereocenters. The van der Waals surface area contributed by atoms with Crippen molar-refractivity contribution < 1.29 is 29.1 Å². The number of ether oxygens (including phenoxy) is 2. The Bertz CT molecular complexity index is 734. The number of carbonyl (C=O) groups is 2. The van der Waals surface area contributed by atoms with Gasteiger partial charge in [0.25, 0.3) is 5.69 Å². The molecule has 148 valence electrons. The highest BCUT2D eigenvalue weighted by Crippen LogP contribution is 2.36. The summed E-state index contributed by atoms with van der Waals surface area (Å²) in [5.74, 6) is -0.737. The van der Waals surface area contributed by atoms with E-state index < -0.39 is 16.9 Å². The molecule has 0 heterocycles. The number of nitrogens with zero attached hydrogens (tertiary/aromatic N) is 1. The minimum absolute atomic E-state index is 0.0572. The smallest absolute Gasteiger partial charge is 0.408 e. The average molecular weight is 382 g/mol. The number of anilines is 1. The number of carbonyl (C=O) groups excluding carboxylic acids is 1. The second-order valence-corrected chi connectivity index (χ2v) is 5.38. The molecule has 1 aromatic carbocycles. The Labute approximate surface area is 155 Å². The molecular formula is C16H22N4O7. The number of methoxy groups -OCH3 is 1. The van der Waals surface area contributed by atoms with Crippen molar-refractivity contribution in [3.05, 3.63) is 39.6 Å². The third kappa shape index (κ3) is 7.20. The zero-order valence-electron chi connectivity index (χ0n) is 15.0. The van der Waals surface area contributed by atoms with Crippen molar-refractivity contribution in [1.82, 2.24) is 5.32 Å². The molecule has 27 heavy (non-hydrogen) atoms. The lowest BCUT2D eigenvalue weighted by atomic mass is 10.1. The molecule has 0 fully saturated rings. The van der Waals surface area contributed by atoms with Crippen LogP contribution in [0.4, 0.5) is 16.2 Å². The van der Waals surface area contributed by atoms with Gasteiger partial charge in [0.2, 0.25) is 5.91 Å². The van der Waals surface area contributed by atoms with Crippen LogP contribution in [-0.2, 0) is 4.74 Å². The Morgan fingerprint density at radius 1 is 1.37 bits per heavy atom. The number of hydrogen-bond donors (Lipinski definition) is 4. The molecule has 0 spiro atoms. The van der Waals surface area contributed by atoms with Gasteiger partial charge in [0, 0.05) is 44.0 Å². The SMILES string of the molecule is COCCCOc1cc(C(N)=O)cc([N+](=O)[O-])c1NCC=C(C)NC(=O)O. The van der Waals surface area contributed by atoms with Gasteiger partial charge in [-0.15, -0.1) is 0 Å². The summed E-state index contributed by atoms with van der Waals surface area (Å²) in [4.78, 5) is 32.8. The minimum Gasteiger partial charge on any atom is -0.491 e. The summed E-state index contributed by atoms with van der Waals surface area (Å²) in [5.41, 5.74) is 5.19. The summed E-state index contributed by atoms with van der Waals surface area (Å²) in [7, 11) is 1.53. The van der Waals surface area contributed by atoms with Gasteiger partial charge in [-0.25, -0.2) is 4.79 Å². The first-order valence-electron chi connectivity index (χ1n) is 7.90. The van der Waals surface area contributed by atoms with Gasteiger partial charge in [-0.2, -0.15) is 0 Å². The molecule has 0 saturated heterocycles. The predicted octanol–water partition coefficient (Wildman–Crippen LogP) is 1.69. The van der Waals surface area contributed by atoms with E-state index >= 15 is 0 Å². The molecule has 0 atom stereocenters. The Hall–Kier alpha value is -3.34. The number of nitrogens with one attached hydrogen (secondary N) is 2. The van der Waals surface area contributed by atoms with Gasteiger partial charge in [-0.1, -0.05) is 0 Å². The Morgan fingerprint density at radius 2 is 2.07 bits per heavy atom. The molecule has 1 aromatic rings. The number of hydrogen-bond acceptors (Lipinski definition) is 7. The summed E-state index contributed by atoms with van der Waals surface area (Å²) in [6, 6.07) is 2.37. The quantitative estimate of drug-likeness (QED) is 0.255. The molecule has 0 radical (unpaired) electrons. The van der Waals surface area contributed by atoms with Gasteiger partial charge in [0.1, 0.15) is 5.75 Å². The maximum absolute atomic E-state index is 11.5. The number of carboxylic acid groups (broad SMARTS) is 1. The lowest BCUT2D eigenvalue weighted by Crippen LogP contribution is -2.19. The van der Waals surface area contributed by atoms with E-state index in [1.54, 1.807) is 0 Å². The predicted molar refractivity (Wildman–Crippen MR) is 97.0 cm³/mol. The second-order valence-electron chi connectivity index (χ2n) is 5.38. The van der Waals surface area contributed by atoms with Crippen LogP contribution < -0.4 is 21.1 Å². The maximum Gasteiger partial charge on any atom is 0.408 e. The summed E-state index contributed by atoms with van der Waals surface area (Å²) in [5, 5.41) is 25.0. The molecule has 0 saturated carbocycles. The number of allylic oxidation sites excluding steroid dienone is 1. The fourth-order valence-corrected chi connectivity index (χ4v) is 2.09. The lowest BCUT2D eigenvalue weighted by molar-refractivity contribution is -0.384. The summed E-state index contributed by atoms with van der Waals surface area (Å²) >= 11 is 0. The van der Waals surface area contributed by atoms with Crippen LogP contribution in [0.15, 0.2) is 23.9 Å². The Balaban J connectivity index is 3.13. The van der Waals surface area contributed by atoms with E-state index in [1.807, 2.05) is 0 Å². The molecular weight excluding hydrogens is 360 g/mol. The third-order valence-corrected chi connectivity index (χ3v) is 3.30. The minimum atomic E-state index is -1.22. The zero-order chi connectivity index (χ0) is 20.4. The van der Waals surface area contributed by atoms with Crippen LogP contribution in [0.1, 0.15) is 23.7 Å². The average Bonchev–Trinajstić information content (AvgIpc) is 2.58. The Morgan fingerprint density at radius 3 is 2.63 bits per heavy atom. The van der Waals surface area contributed by atoms with E-state index in [0.717, 1.165) is 6.07 Å². The maximum atomic E-state index is 11.5. The van der Waals surface area contributed by atoms with E-state index in [0.29, 0.717) is 18.7 Å². The van der Waals surface area contributed by atoms with Crippen molar-refractivity contribution in [2.45, 2.75) is 13.3 Å². The number of primary amides is 1. The van der Waals surface area contributed by atoms with Gasteiger partial charge in [0.15, 0.2) is 5.69 Å². The van der Waals surface area contributed by atoms with Crippen molar-refractivity contribution in [1.29, 1.82) is 0 Å². The summed E-state index contributed by atoms with van der Waals surface area (Å²) < 4.78 is 10.5. The largest absolute Gasteiger partial charge is 0.491 e. The van der Waals surface area contributed by atoms with E-state index in [9.17, 15) is 19.7 Å². The first kappa shape index (κ1) is 21.7. The van der Waals surface area contributed by atoms with Crippen LogP contribution >= 0.6 is 0 Å². The Kier molecular flexibility index (Phi) is 8.53. The molecule has 0 aliphatic rings. The van der Waals surface area contributed by atoms with Crippen molar-refractivity contribution in [3.63, 3.8) is 0 Å². The van der Waals surface area contributed by atoms with Gasteiger partial charge in [0.05, 0.1) is 11.5 Å². The molecule has 2 amide bonds. The molecule has 1 rings (SSSR count). The number of benzene rings is 1. The molecule has 0 aliphatic heterocycles. The lowest BCUT2D eigenvalue weighted by Gasteiger charge is -2.14. The van der Waals surface area contributed by atoms with Crippen LogP contribution in [0.3, 0.4) is 0 Å². The van der Waals surface area contributed by atoms with E-state index in [1.165, 1.54) is 26.2 Å². The standard InChI is InChI=1S/C16H22N4O7/c1-10(19-16(22)23)4-5-18-14-12(20(24)25)8-11(15(17)21)9-13(14)27-7-3-6-26-2/h4,8-9,18-19H,3,5-7H2,1-2H3,(H2,17,21)(H,22,23). The number of rotatable bonds is 11. The number of nitro benzene ring substituents is 1. The second kappa shape index (κ2) is 10.6. The topological polar surface area (TPSA) is 166 Å². The van der Waals surface area contributed by atoms with Crippen molar-refractivity contribution >= 4 is 23.4 Å². The molecule has 0 aliphatic carbocycles. The molecule has 11 heteroatoms. The summed E-state index contributed by atoms with van der Waals surface area (Å²) in [6.07, 6.45) is 0.809. The monoisotopic (exact) mass is 382 g/mol. The molecule has 11 nitrogen and oxygen atoms in total. The third-order valence-electron chi connectivity index (χ3n) is 3.30. The first-order chi connectivity index (χ1) is 12.8. The summed E-state index contributed by atoms with van der Waals surface area (Å²) in [6.45, 7) is 2.25. The van der Waals surface area contributed by atoms with E-state index in [2.05, 4.69) is 10.6 Å². The van der Waals surface area contributed by atoms with E-state index in [-0.39, 0.29) is 35.8 Å². The molecule has 0 bridgehead atoms. The van der Waals surface area contributed by atoms with Crippen LogP contribution in [0.25, 0.3) is 0 Å². The van der Waals surface area contributed by atoms with Gasteiger partial charge in [-0.3, -0.25) is 20.2 Å². The highest BCUT2D eigenvalue weighted by atomic mass is 16.6. The van der Waals surface area contributed by atoms with Gasteiger partial charge < -0.3 is 25.6 Å². The van der Waals surface area contributed by atoms with E-state index in [4.69, 9.17) is 20.3 Å². The van der Waals surface area contributed by atoms with Crippen LogP contribution in [0.2, 0.25) is 0 Å². The first-order valence-corrected chi connectivity index (χ1v) is 7.90. The number of nitrogens with two attached hydrogens (primary N) is 1. The van der Waals surface area contributed by atoms with Crippen molar-refractivity contribution in [3.8, 4) is 5.75 Å².